The minimum absolute atomic E-state index is 0.219. The Labute approximate surface area is 153 Å². The average Bonchev–Trinajstić information content (AvgIpc) is 2.62. The van der Waals surface area contributed by atoms with E-state index in [1.54, 1.807) is 12.1 Å². The molecule has 0 amide bonds. The highest BCUT2D eigenvalue weighted by atomic mass is 35.5. The summed E-state index contributed by atoms with van der Waals surface area (Å²) in [5.41, 5.74) is 2.30. The van der Waals surface area contributed by atoms with E-state index < -0.39 is 10.0 Å². The fourth-order valence-electron chi connectivity index (χ4n) is 3.84. The summed E-state index contributed by atoms with van der Waals surface area (Å²) in [5, 5.41) is 4.00. The van der Waals surface area contributed by atoms with E-state index in [-0.39, 0.29) is 11.1 Å². The molecule has 1 unspecified atom stereocenters. The third-order valence-corrected chi connectivity index (χ3v) is 6.98. The summed E-state index contributed by atoms with van der Waals surface area (Å²) in [6.45, 7) is 0. The zero-order chi connectivity index (χ0) is 17.4. The molecule has 25 heavy (non-hydrogen) atoms. The van der Waals surface area contributed by atoms with E-state index in [4.69, 9.17) is 11.6 Å². The Balaban J connectivity index is 1.70. The Kier molecular flexibility index (Phi) is 4.48. The standard InChI is InChI=1S/C19H21ClN2O2S/c20-16-9-5-4-8-15(16)14-10-11-17-18(12-14)25(23,24)22-19(21-17)13-6-2-1-3-7-13/h4-5,8-13,19,21-22H,1-3,6-7H2. The van der Waals surface area contributed by atoms with Gasteiger partial charge in [-0.05, 0) is 42.5 Å². The molecule has 1 aliphatic carbocycles. The van der Waals surface area contributed by atoms with Gasteiger partial charge in [-0.15, -0.1) is 0 Å². The van der Waals surface area contributed by atoms with Crippen LogP contribution in [0.4, 0.5) is 5.69 Å². The molecular formula is C19H21ClN2O2S. The number of nitrogens with one attached hydrogen (secondary N) is 2. The predicted octanol–water partition coefficient (Wildman–Crippen LogP) is 4.62. The quantitative estimate of drug-likeness (QED) is 0.804. The van der Waals surface area contributed by atoms with Crippen molar-refractivity contribution >= 4 is 27.3 Å². The highest BCUT2D eigenvalue weighted by Crippen LogP contribution is 2.36. The molecule has 0 spiro atoms. The lowest BCUT2D eigenvalue weighted by atomic mass is 9.87. The monoisotopic (exact) mass is 376 g/mol. The Bertz CT molecular complexity index is 892. The minimum atomic E-state index is -3.54. The van der Waals surface area contributed by atoms with Crippen LogP contribution in [0, 0.1) is 5.92 Å². The number of hydrogen-bond acceptors (Lipinski definition) is 3. The van der Waals surface area contributed by atoms with Crippen LogP contribution in [0.3, 0.4) is 0 Å². The van der Waals surface area contributed by atoms with Crippen molar-refractivity contribution in [3.63, 3.8) is 0 Å². The van der Waals surface area contributed by atoms with Crippen LogP contribution in [0.5, 0.6) is 0 Å². The maximum absolute atomic E-state index is 12.8. The van der Waals surface area contributed by atoms with Gasteiger partial charge in [0.25, 0.3) is 0 Å². The lowest BCUT2D eigenvalue weighted by molar-refractivity contribution is 0.306. The van der Waals surface area contributed by atoms with Crippen LogP contribution < -0.4 is 10.0 Å². The van der Waals surface area contributed by atoms with Gasteiger partial charge in [-0.1, -0.05) is 55.1 Å². The summed E-state index contributed by atoms with van der Waals surface area (Å²) in [6.07, 6.45) is 5.49. The molecule has 1 heterocycles. The van der Waals surface area contributed by atoms with E-state index in [1.807, 2.05) is 30.3 Å². The van der Waals surface area contributed by atoms with Crippen LogP contribution in [0.25, 0.3) is 11.1 Å². The number of fused-ring (bicyclic) bond motifs is 1. The summed E-state index contributed by atoms with van der Waals surface area (Å²) in [7, 11) is -3.54. The Hall–Kier alpha value is -1.56. The topological polar surface area (TPSA) is 58.2 Å². The highest BCUT2D eigenvalue weighted by molar-refractivity contribution is 7.89. The lowest BCUT2D eigenvalue weighted by Gasteiger charge is -2.35. The average molecular weight is 377 g/mol. The predicted molar refractivity (Wildman–Crippen MR) is 101 cm³/mol. The van der Waals surface area contributed by atoms with E-state index >= 15 is 0 Å². The molecule has 2 N–H and O–H groups in total. The summed E-state index contributed by atoms with van der Waals surface area (Å²) in [4.78, 5) is 0.289. The Morgan fingerprint density at radius 3 is 2.52 bits per heavy atom. The number of halogens is 1. The lowest BCUT2D eigenvalue weighted by Crippen LogP contribution is -2.49. The molecule has 1 aliphatic heterocycles. The number of sulfonamides is 1. The van der Waals surface area contributed by atoms with Gasteiger partial charge in [0.05, 0.1) is 11.9 Å². The SMILES string of the molecule is O=S1(=O)NC(C2CCCCC2)Nc2ccc(-c3ccccc3Cl)cc21. The largest absolute Gasteiger partial charge is 0.368 e. The molecule has 6 heteroatoms. The molecule has 0 aromatic heterocycles. The van der Waals surface area contributed by atoms with E-state index in [1.165, 1.54) is 19.3 Å². The van der Waals surface area contributed by atoms with E-state index in [0.717, 1.165) is 24.0 Å². The van der Waals surface area contributed by atoms with E-state index in [0.29, 0.717) is 16.6 Å². The van der Waals surface area contributed by atoms with Crippen molar-refractivity contribution in [2.45, 2.75) is 43.2 Å². The molecule has 2 aromatic rings. The molecule has 0 saturated heterocycles. The molecule has 1 atom stereocenters. The smallest absolute Gasteiger partial charge is 0.244 e. The van der Waals surface area contributed by atoms with Crippen molar-refractivity contribution in [1.29, 1.82) is 0 Å². The van der Waals surface area contributed by atoms with Crippen molar-refractivity contribution in [2.24, 2.45) is 5.92 Å². The van der Waals surface area contributed by atoms with Gasteiger partial charge in [0, 0.05) is 10.6 Å². The summed E-state index contributed by atoms with van der Waals surface area (Å²) in [6, 6.07) is 12.9. The van der Waals surface area contributed by atoms with Crippen molar-refractivity contribution in [3.05, 3.63) is 47.5 Å². The number of benzene rings is 2. The van der Waals surface area contributed by atoms with E-state index in [2.05, 4.69) is 10.0 Å². The molecule has 0 radical (unpaired) electrons. The first-order valence-corrected chi connectivity index (χ1v) is 10.6. The maximum atomic E-state index is 12.8. The molecular weight excluding hydrogens is 356 g/mol. The maximum Gasteiger partial charge on any atom is 0.244 e. The first kappa shape index (κ1) is 16.9. The normalized spacial score (nSPS) is 22.8. The number of anilines is 1. The number of hydrogen-bond donors (Lipinski definition) is 2. The number of rotatable bonds is 2. The summed E-state index contributed by atoms with van der Waals surface area (Å²) >= 11 is 6.26. The third kappa shape index (κ3) is 3.28. The van der Waals surface area contributed by atoms with Crippen molar-refractivity contribution in [1.82, 2.24) is 4.72 Å². The first-order chi connectivity index (χ1) is 12.0. The summed E-state index contributed by atoms with van der Waals surface area (Å²) < 4.78 is 28.5. The zero-order valence-corrected chi connectivity index (χ0v) is 15.4. The van der Waals surface area contributed by atoms with Crippen LogP contribution in [-0.2, 0) is 10.0 Å². The van der Waals surface area contributed by atoms with Crippen LogP contribution >= 0.6 is 11.6 Å². The van der Waals surface area contributed by atoms with Gasteiger partial charge in [-0.2, -0.15) is 4.72 Å². The van der Waals surface area contributed by atoms with Gasteiger partial charge in [-0.25, -0.2) is 8.42 Å². The second-order valence-electron chi connectivity index (χ2n) is 6.83. The molecule has 4 nitrogen and oxygen atoms in total. The van der Waals surface area contributed by atoms with Crippen LogP contribution in [0.1, 0.15) is 32.1 Å². The van der Waals surface area contributed by atoms with Crippen molar-refractivity contribution in [2.75, 3.05) is 5.32 Å². The second kappa shape index (κ2) is 6.63. The second-order valence-corrected chi connectivity index (χ2v) is 8.92. The molecule has 2 aromatic carbocycles. The third-order valence-electron chi connectivity index (χ3n) is 5.17. The van der Waals surface area contributed by atoms with Crippen molar-refractivity contribution in [3.8, 4) is 11.1 Å². The van der Waals surface area contributed by atoms with Gasteiger partial charge >= 0.3 is 0 Å². The highest BCUT2D eigenvalue weighted by Gasteiger charge is 2.34. The fraction of sp³-hybridized carbons (Fsp3) is 0.368. The van der Waals surface area contributed by atoms with Crippen molar-refractivity contribution < 1.29 is 8.42 Å². The van der Waals surface area contributed by atoms with Gasteiger partial charge in [0.15, 0.2) is 0 Å². The molecule has 1 fully saturated rings. The molecule has 1 saturated carbocycles. The van der Waals surface area contributed by atoms with E-state index in [9.17, 15) is 8.42 Å². The van der Waals surface area contributed by atoms with Gasteiger partial charge in [0.2, 0.25) is 10.0 Å². The molecule has 0 bridgehead atoms. The van der Waals surface area contributed by atoms with Gasteiger partial charge < -0.3 is 5.32 Å². The fourth-order valence-corrected chi connectivity index (χ4v) is 5.49. The first-order valence-electron chi connectivity index (χ1n) is 8.72. The Morgan fingerprint density at radius 2 is 1.76 bits per heavy atom. The molecule has 2 aliphatic rings. The van der Waals surface area contributed by atoms with Crippen LogP contribution in [0.15, 0.2) is 47.4 Å². The Morgan fingerprint density at radius 1 is 1.00 bits per heavy atom. The van der Waals surface area contributed by atoms with Crippen LogP contribution in [0.2, 0.25) is 5.02 Å². The summed E-state index contributed by atoms with van der Waals surface area (Å²) in [5.74, 6) is 0.347. The molecule has 4 rings (SSSR count). The van der Waals surface area contributed by atoms with Gasteiger partial charge in [-0.3, -0.25) is 0 Å². The van der Waals surface area contributed by atoms with Crippen LogP contribution in [-0.4, -0.2) is 14.6 Å². The van der Waals surface area contributed by atoms with Gasteiger partial charge in [0.1, 0.15) is 4.90 Å². The minimum Gasteiger partial charge on any atom is -0.368 e. The molecule has 132 valence electrons. The zero-order valence-electron chi connectivity index (χ0n) is 13.8.